The number of nitrogens with one attached hydrogen (secondary N) is 2. The Morgan fingerprint density at radius 2 is 2.14 bits per heavy atom. The first kappa shape index (κ1) is 11.5. The Kier molecular flexibility index (Phi) is 3.93. The van der Waals surface area contributed by atoms with Crippen LogP contribution in [-0.4, -0.2) is 25.0 Å². The van der Waals surface area contributed by atoms with Crippen LogP contribution < -0.4 is 10.6 Å². The Balaban J connectivity index is 2.06. The van der Waals surface area contributed by atoms with E-state index in [0.29, 0.717) is 17.9 Å². The lowest BCUT2D eigenvalue weighted by Crippen LogP contribution is -2.36. The second kappa shape index (κ2) is 4.78. The fourth-order valence-electron chi connectivity index (χ4n) is 1.56. The molecule has 1 amide bonds. The van der Waals surface area contributed by atoms with Gasteiger partial charge in [-0.3, -0.25) is 4.79 Å². The molecule has 3 nitrogen and oxygen atoms in total. The van der Waals surface area contributed by atoms with Crippen LogP contribution in [0.1, 0.15) is 40.0 Å². The zero-order valence-electron chi connectivity index (χ0n) is 9.52. The van der Waals surface area contributed by atoms with E-state index >= 15 is 0 Å². The molecule has 14 heavy (non-hydrogen) atoms. The highest BCUT2D eigenvalue weighted by atomic mass is 16.1. The number of hydrogen-bond donors (Lipinski definition) is 2. The number of hydrogen-bond acceptors (Lipinski definition) is 2. The van der Waals surface area contributed by atoms with Gasteiger partial charge in [0.15, 0.2) is 0 Å². The largest absolute Gasteiger partial charge is 0.356 e. The number of amides is 1. The van der Waals surface area contributed by atoms with Gasteiger partial charge in [-0.05, 0) is 32.1 Å². The van der Waals surface area contributed by atoms with Gasteiger partial charge in [0.25, 0.3) is 0 Å². The van der Waals surface area contributed by atoms with E-state index in [1.807, 2.05) is 6.92 Å². The molecule has 1 aliphatic carbocycles. The van der Waals surface area contributed by atoms with Crippen molar-refractivity contribution >= 4 is 5.91 Å². The summed E-state index contributed by atoms with van der Waals surface area (Å²) in [5.74, 6) is 0.146. The average molecular weight is 198 g/mol. The SMILES string of the molecule is CCNC(=O)CCNC(C)C1(C)CC1. The van der Waals surface area contributed by atoms with Gasteiger partial charge < -0.3 is 10.6 Å². The summed E-state index contributed by atoms with van der Waals surface area (Å²) in [6.07, 6.45) is 3.24. The van der Waals surface area contributed by atoms with E-state index in [4.69, 9.17) is 0 Å². The van der Waals surface area contributed by atoms with Gasteiger partial charge in [0.2, 0.25) is 5.91 Å². The molecule has 1 fully saturated rings. The Hall–Kier alpha value is -0.570. The molecule has 0 saturated heterocycles. The highest BCUT2D eigenvalue weighted by Gasteiger charge is 2.41. The maximum Gasteiger partial charge on any atom is 0.221 e. The van der Waals surface area contributed by atoms with E-state index in [1.165, 1.54) is 12.8 Å². The van der Waals surface area contributed by atoms with Gasteiger partial charge in [0.05, 0.1) is 0 Å². The zero-order chi connectivity index (χ0) is 10.6. The molecule has 1 rings (SSSR count). The third kappa shape index (κ3) is 3.29. The molecule has 1 aliphatic rings. The summed E-state index contributed by atoms with van der Waals surface area (Å²) in [6, 6.07) is 0.539. The second-order valence-corrected chi connectivity index (χ2v) is 4.53. The van der Waals surface area contributed by atoms with Crippen LogP contribution in [0.2, 0.25) is 0 Å². The molecule has 2 N–H and O–H groups in total. The van der Waals surface area contributed by atoms with Crippen molar-refractivity contribution in [3.63, 3.8) is 0 Å². The van der Waals surface area contributed by atoms with Crippen molar-refractivity contribution in [3.05, 3.63) is 0 Å². The van der Waals surface area contributed by atoms with Crippen molar-refractivity contribution in [3.8, 4) is 0 Å². The van der Waals surface area contributed by atoms with Gasteiger partial charge in [-0.1, -0.05) is 6.92 Å². The van der Waals surface area contributed by atoms with Crippen LogP contribution in [0.3, 0.4) is 0 Å². The standard InChI is InChI=1S/C11H22N2O/c1-4-12-10(14)5-8-13-9(2)11(3)6-7-11/h9,13H,4-8H2,1-3H3,(H,12,14). The minimum absolute atomic E-state index is 0.146. The lowest BCUT2D eigenvalue weighted by Gasteiger charge is -2.20. The predicted octanol–water partition coefficient (Wildman–Crippen LogP) is 1.29. The van der Waals surface area contributed by atoms with Crippen molar-refractivity contribution in [2.24, 2.45) is 5.41 Å². The van der Waals surface area contributed by atoms with Crippen molar-refractivity contribution < 1.29 is 4.79 Å². The summed E-state index contributed by atoms with van der Waals surface area (Å²) in [4.78, 5) is 11.1. The van der Waals surface area contributed by atoms with Gasteiger partial charge in [0, 0.05) is 25.6 Å². The molecule has 0 aliphatic heterocycles. The molecule has 0 aromatic rings. The zero-order valence-corrected chi connectivity index (χ0v) is 9.52. The summed E-state index contributed by atoms with van der Waals surface area (Å²) in [5.41, 5.74) is 0.501. The van der Waals surface area contributed by atoms with E-state index in [-0.39, 0.29) is 5.91 Å². The van der Waals surface area contributed by atoms with Gasteiger partial charge in [-0.15, -0.1) is 0 Å². The van der Waals surface area contributed by atoms with Crippen molar-refractivity contribution in [2.75, 3.05) is 13.1 Å². The Morgan fingerprint density at radius 1 is 1.50 bits per heavy atom. The molecule has 0 aromatic carbocycles. The average Bonchev–Trinajstić information content (AvgIpc) is 2.85. The fraction of sp³-hybridized carbons (Fsp3) is 0.909. The smallest absolute Gasteiger partial charge is 0.221 e. The summed E-state index contributed by atoms with van der Waals surface area (Å²) in [5, 5.41) is 6.21. The first-order valence-corrected chi connectivity index (χ1v) is 5.58. The van der Waals surface area contributed by atoms with Crippen molar-refractivity contribution in [2.45, 2.75) is 46.1 Å². The van der Waals surface area contributed by atoms with Gasteiger partial charge >= 0.3 is 0 Å². The van der Waals surface area contributed by atoms with Crippen LogP contribution in [0.15, 0.2) is 0 Å². The lowest BCUT2D eigenvalue weighted by molar-refractivity contribution is -0.120. The van der Waals surface area contributed by atoms with Crippen LogP contribution >= 0.6 is 0 Å². The van der Waals surface area contributed by atoms with Crippen LogP contribution in [0.25, 0.3) is 0 Å². The molecule has 0 spiro atoms. The Labute approximate surface area is 86.6 Å². The van der Waals surface area contributed by atoms with E-state index in [1.54, 1.807) is 0 Å². The Morgan fingerprint density at radius 3 is 2.64 bits per heavy atom. The molecule has 1 saturated carbocycles. The second-order valence-electron chi connectivity index (χ2n) is 4.53. The molecule has 0 bridgehead atoms. The highest BCUT2D eigenvalue weighted by Crippen LogP contribution is 2.47. The number of rotatable bonds is 6. The summed E-state index contributed by atoms with van der Waals surface area (Å²) in [7, 11) is 0. The molecular weight excluding hydrogens is 176 g/mol. The minimum Gasteiger partial charge on any atom is -0.356 e. The van der Waals surface area contributed by atoms with Crippen molar-refractivity contribution in [1.29, 1.82) is 0 Å². The van der Waals surface area contributed by atoms with Gasteiger partial charge in [0.1, 0.15) is 0 Å². The van der Waals surface area contributed by atoms with Crippen LogP contribution in [-0.2, 0) is 4.79 Å². The first-order valence-electron chi connectivity index (χ1n) is 5.58. The van der Waals surface area contributed by atoms with E-state index in [9.17, 15) is 4.79 Å². The summed E-state index contributed by atoms with van der Waals surface area (Å²) in [6.45, 7) is 7.98. The molecule has 1 unspecified atom stereocenters. The molecule has 0 aromatic heterocycles. The third-order valence-electron chi connectivity index (χ3n) is 3.26. The summed E-state index contributed by atoms with van der Waals surface area (Å²) >= 11 is 0. The van der Waals surface area contributed by atoms with E-state index in [2.05, 4.69) is 24.5 Å². The van der Waals surface area contributed by atoms with E-state index < -0.39 is 0 Å². The molecule has 0 radical (unpaired) electrons. The predicted molar refractivity (Wildman–Crippen MR) is 58.1 cm³/mol. The normalized spacial score (nSPS) is 20.2. The van der Waals surface area contributed by atoms with Gasteiger partial charge in [-0.25, -0.2) is 0 Å². The van der Waals surface area contributed by atoms with Crippen LogP contribution in [0.4, 0.5) is 0 Å². The van der Waals surface area contributed by atoms with E-state index in [0.717, 1.165) is 13.1 Å². The first-order chi connectivity index (χ1) is 6.58. The minimum atomic E-state index is 0.146. The van der Waals surface area contributed by atoms with Crippen LogP contribution in [0.5, 0.6) is 0 Å². The molecule has 0 heterocycles. The molecule has 1 atom stereocenters. The number of carbonyl (C=O) groups excluding carboxylic acids is 1. The Bertz CT molecular complexity index is 199. The third-order valence-corrected chi connectivity index (χ3v) is 3.26. The molecular formula is C11H22N2O. The van der Waals surface area contributed by atoms with Gasteiger partial charge in [-0.2, -0.15) is 0 Å². The highest BCUT2D eigenvalue weighted by molar-refractivity contribution is 5.75. The maximum atomic E-state index is 11.1. The summed E-state index contributed by atoms with van der Waals surface area (Å²) < 4.78 is 0. The van der Waals surface area contributed by atoms with Crippen molar-refractivity contribution in [1.82, 2.24) is 10.6 Å². The topological polar surface area (TPSA) is 41.1 Å². The monoisotopic (exact) mass is 198 g/mol. The molecule has 3 heteroatoms. The maximum absolute atomic E-state index is 11.1. The number of carbonyl (C=O) groups is 1. The van der Waals surface area contributed by atoms with Crippen LogP contribution in [0, 0.1) is 5.41 Å². The fourth-order valence-corrected chi connectivity index (χ4v) is 1.56. The lowest BCUT2D eigenvalue weighted by atomic mass is 10.0. The molecule has 82 valence electrons. The quantitative estimate of drug-likeness (QED) is 0.675.